The number of nitrogens with one attached hydrogen (secondary N) is 1. The number of fused-ring (bicyclic) bond motifs is 1. The molecule has 5 nitrogen and oxygen atoms in total. The summed E-state index contributed by atoms with van der Waals surface area (Å²) in [5.74, 6) is -0.0118. The highest BCUT2D eigenvalue weighted by molar-refractivity contribution is 6.03. The van der Waals surface area contributed by atoms with Crippen molar-refractivity contribution in [2.75, 3.05) is 12.4 Å². The fourth-order valence-corrected chi connectivity index (χ4v) is 2.47. The van der Waals surface area contributed by atoms with Gasteiger partial charge in [0.15, 0.2) is 11.2 Å². The van der Waals surface area contributed by atoms with Gasteiger partial charge in [0.25, 0.3) is 5.91 Å². The maximum Gasteiger partial charge on any atom is 0.291 e. The molecular formula is C19H17NO4. The molecule has 2 aromatic carbocycles. The molecule has 0 fully saturated rings. The maximum absolute atomic E-state index is 12.4. The quantitative estimate of drug-likeness (QED) is 0.796. The minimum atomic E-state index is -0.502. The molecule has 0 aliphatic carbocycles. The molecule has 0 aliphatic heterocycles. The zero-order chi connectivity index (χ0) is 17.1. The Morgan fingerprint density at radius 1 is 1.17 bits per heavy atom. The number of methoxy groups -OCH3 is 1. The molecule has 0 saturated carbocycles. The Morgan fingerprint density at radius 2 is 1.96 bits per heavy atom. The number of carbonyl (C=O) groups is 1. The largest absolute Gasteiger partial charge is 0.495 e. The zero-order valence-corrected chi connectivity index (χ0v) is 13.5. The Bertz CT molecular complexity index is 959. The van der Waals surface area contributed by atoms with Crippen LogP contribution in [0.3, 0.4) is 0 Å². The predicted molar refractivity (Wildman–Crippen MR) is 92.8 cm³/mol. The molecule has 0 bridgehead atoms. The van der Waals surface area contributed by atoms with Crippen molar-refractivity contribution in [1.29, 1.82) is 0 Å². The Labute approximate surface area is 138 Å². The molecule has 0 radical (unpaired) electrons. The SMILES string of the molecule is CCc1ccc2oc(C(=O)Nc3ccccc3OC)cc(=O)c2c1. The van der Waals surface area contributed by atoms with Crippen LogP contribution in [0.1, 0.15) is 23.0 Å². The number of benzene rings is 2. The number of ether oxygens (including phenoxy) is 1. The van der Waals surface area contributed by atoms with E-state index in [0.29, 0.717) is 22.4 Å². The second-order valence-electron chi connectivity index (χ2n) is 5.31. The molecule has 3 rings (SSSR count). The number of amides is 1. The van der Waals surface area contributed by atoms with Gasteiger partial charge in [-0.3, -0.25) is 9.59 Å². The first kappa shape index (κ1) is 15.8. The van der Waals surface area contributed by atoms with Crippen LogP contribution >= 0.6 is 0 Å². The highest BCUT2D eigenvalue weighted by Crippen LogP contribution is 2.24. The van der Waals surface area contributed by atoms with Crippen molar-refractivity contribution in [3.8, 4) is 5.75 Å². The molecule has 0 saturated heterocycles. The van der Waals surface area contributed by atoms with Gasteiger partial charge in [-0.05, 0) is 36.2 Å². The summed E-state index contributed by atoms with van der Waals surface area (Å²) in [6.45, 7) is 2.01. The Kier molecular flexibility index (Phi) is 4.33. The summed E-state index contributed by atoms with van der Waals surface area (Å²) < 4.78 is 10.8. The zero-order valence-electron chi connectivity index (χ0n) is 13.5. The van der Waals surface area contributed by atoms with Crippen LogP contribution < -0.4 is 15.5 Å². The molecule has 1 N–H and O–H groups in total. The number of carbonyl (C=O) groups excluding carboxylic acids is 1. The Hall–Kier alpha value is -3.08. The van der Waals surface area contributed by atoms with E-state index in [1.54, 1.807) is 36.4 Å². The molecule has 1 aromatic heterocycles. The highest BCUT2D eigenvalue weighted by atomic mass is 16.5. The molecule has 0 atom stereocenters. The number of para-hydroxylation sites is 2. The van der Waals surface area contributed by atoms with E-state index < -0.39 is 5.91 Å². The summed E-state index contributed by atoms with van der Waals surface area (Å²) >= 11 is 0. The van der Waals surface area contributed by atoms with E-state index in [1.165, 1.54) is 13.2 Å². The van der Waals surface area contributed by atoms with Crippen molar-refractivity contribution in [3.63, 3.8) is 0 Å². The third-order valence-electron chi connectivity index (χ3n) is 3.78. The van der Waals surface area contributed by atoms with Crippen LogP contribution in [-0.4, -0.2) is 13.0 Å². The van der Waals surface area contributed by atoms with E-state index in [0.717, 1.165) is 12.0 Å². The lowest BCUT2D eigenvalue weighted by Crippen LogP contribution is -2.15. The first-order valence-corrected chi connectivity index (χ1v) is 7.63. The van der Waals surface area contributed by atoms with E-state index in [2.05, 4.69) is 5.32 Å². The smallest absolute Gasteiger partial charge is 0.291 e. The molecule has 122 valence electrons. The fraction of sp³-hybridized carbons (Fsp3) is 0.158. The molecule has 3 aromatic rings. The highest BCUT2D eigenvalue weighted by Gasteiger charge is 2.14. The van der Waals surface area contributed by atoms with Crippen molar-refractivity contribution in [2.24, 2.45) is 0 Å². The summed E-state index contributed by atoms with van der Waals surface area (Å²) in [6, 6.07) is 13.6. The molecule has 0 unspecified atom stereocenters. The number of anilines is 1. The summed E-state index contributed by atoms with van der Waals surface area (Å²) in [5.41, 5.74) is 1.71. The minimum absolute atomic E-state index is 0.0392. The molecular weight excluding hydrogens is 306 g/mol. The molecule has 5 heteroatoms. The average Bonchev–Trinajstić information content (AvgIpc) is 2.61. The topological polar surface area (TPSA) is 68.5 Å². The van der Waals surface area contributed by atoms with Gasteiger partial charge in [0.05, 0.1) is 18.2 Å². The van der Waals surface area contributed by atoms with Gasteiger partial charge in [0.2, 0.25) is 0 Å². The van der Waals surface area contributed by atoms with Crippen LogP contribution in [-0.2, 0) is 6.42 Å². The van der Waals surface area contributed by atoms with Gasteiger partial charge in [-0.15, -0.1) is 0 Å². The molecule has 24 heavy (non-hydrogen) atoms. The predicted octanol–water partition coefficient (Wildman–Crippen LogP) is 3.62. The lowest BCUT2D eigenvalue weighted by Gasteiger charge is -2.09. The normalized spacial score (nSPS) is 10.6. The second-order valence-corrected chi connectivity index (χ2v) is 5.31. The van der Waals surface area contributed by atoms with Gasteiger partial charge in [0, 0.05) is 6.07 Å². The van der Waals surface area contributed by atoms with Gasteiger partial charge in [0.1, 0.15) is 11.3 Å². The van der Waals surface area contributed by atoms with Crippen molar-refractivity contribution >= 4 is 22.6 Å². The van der Waals surface area contributed by atoms with Crippen LogP contribution in [0.15, 0.2) is 57.7 Å². The van der Waals surface area contributed by atoms with Gasteiger partial charge in [-0.25, -0.2) is 0 Å². The van der Waals surface area contributed by atoms with E-state index in [1.807, 2.05) is 13.0 Å². The van der Waals surface area contributed by atoms with Crippen molar-refractivity contribution in [2.45, 2.75) is 13.3 Å². The standard InChI is InChI=1S/C19H17NO4/c1-3-12-8-9-16-13(10-12)15(21)11-18(24-16)19(22)20-14-6-4-5-7-17(14)23-2/h4-11H,3H2,1-2H3,(H,20,22). The minimum Gasteiger partial charge on any atom is -0.495 e. The van der Waals surface area contributed by atoms with Crippen LogP contribution in [0.25, 0.3) is 11.0 Å². The first-order valence-electron chi connectivity index (χ1n) is 7.63. The van der Waals surface area contributed by atoms with Crippen LogP contribution in [0.5, 0.6) is 5.75 Å². The van der Waals surface area contributed by atoms with Crippen LogP contribution in [0.2, 0.25) is 0 Å². The fourth-order valence-electron chi connectivity index (χ4n) is 2.47. The average molecular weight is 323 g/mol. The number of aryl methyl sites for hydroxylation is 1. The van der Waals surface area contributed by atoms with Crippen molar-refractivity contribution in [3.05, 3.63) is 70.1 Å². The van der Waals surface area contributed by atoms with Gasteiger partial charge < -0.3 is 14.5 Å². The molecule has 0 aliphatic rings. The van der Waals surface area contributed by atoms with E-state index in [9.17, 15) is 9.59 Å². The molecule has 1 amide bonds. The second kappa shape index (κ2) is 6.58. The lowest BCUT2D eigenvalue weighted by molar-refractivity contribution is 0.0997. The summed E-state index contributed by atoms with van der Waals surface area (Å²) in [5, 5.41) is 3.17. The van der Waals surface area contributed by atoms with Crippen LogP contribution in [0, 0.1) is 0 Å². The first-order chi connectivity index (χ1) is 11.6. The van der Waals surface area contributed by atoms with Crippen molar-refractivity contribution < 1.29 is 13.9 Å². The Morgan fingerprint density at radius 3 is 2.71 bits per heavy atom. The lowest BCUT2D eigenvalue weighted by atomic mass is 10.1. The molecule has 1 heterocycles. The van der Waals surface area contributed by atoms with Gasteiger partial charge in [-0.2, -0.15) is 0 Å². The third kappa shape index (κ3) is 3.01. The number of hydrogen-bond donors (Lipinski definition) is 1. The number of hydrogen-bond acceptors (Lipinski definition) is 4. The summed E-state index contributed by atoms with van der Waals surface area (Å²) in [4.78, 5) is 24.7. The van der Waals surface area contributed by atoms with E-state index in [-0.39, 0.29) is 11.2 Å². The molecule has 0 spiro atoms. The monoisotopic (exact) mass is 323 g/mol. The summed E-state index contributed by atoms with van der Waals surface area (Å²) in [7, 11) is 1.52. The van der Waals surface area contributed by atoms with Crippen molar-refractivity contribution in [1.82, 2.24) is 0 Å². The van der Waals surface area contributed by atoms with Gasteiger partial charge in [-0.1, -0.05) is 25.1 Å². The van der Waals surface area contributed by atoms with E-state index in [4.69, 9.17) is 9.15 Å². The maximum atomic E-state index is 12.4. The van der Waals surface area contributed by atoms with Crippen LogP contribution in [0.4, 0.5) is 5.69 Å². The Balaban J connectivity index is 1.97. The third-order valence-corrected chi connectivity index (χ3v) is 3.78. The number of rotatable bonds is 4. The summed E-state index contributed by atoms with van der Waals surface area (Å²) in [6.07, 6.45) is 0.825. The van der Waals surface area contributed by atoms with E-state index >= 15 is 0 Å². The van der Waals surface area contributed by atoms with Gasteiger partial charge >= 0.3 is 0 Å².